The summed E-state index contributed by atoms with van der Waals surface area (Å²) in [5, 5.41) is 15.8. The van der Waals surface area contributed by atoms with E-state index in [1.165, 1.54) is 0 Å². The largest absolute Gasteiger partial charge is 0.633 e. The van der Waals surface area contributed by atoms with Crippen molar-refractivity contribution in [2.24, 2.45) is 0 Å². The van der Waals surface area contributed by atoms with E-state index >= 15 is 0 Å². The molecule has 0 amide bonds. The normalized spacial score (nSPS) is 10.4. The van der Waals surface area contributed by atoms with Crippen LogP contribution < -0.4 is 0 Å². The lowest BCUT2D eigenvalue weighted by Crippen LogP contribution is -2.15. The third-order valence-corrected chi connectivity index (χ3v) is 1.69. The summed E-state index contributed by atoms with van der Waals surface area (Å²) in [4.78, 5) is 0. The molecule has 0 spiro atoms. The van der Waals surface area contributed by atoms with E-state index in [4.69, 9.17) is 10.0 Å². The first kappa shape index (κ1) is 11.1. The van der Waals surface area contributed by atoms with E-state index in [1.807, 2.05) is 0 Å². The van der Waals surface area contributed by atoms with E-state index in [2.05, 4.69) is 4.65 Å². The second kappa shape index (κ2) is 4.50. The van der Waals surface area contributed by atoms with Crippen LogP contribution in [0, 0.1) is 11.6 Å². The predicted molar refractivity (Wildman–Crippen MR) is 47.2 cm³/mol. The first-order valence-electron chi connectivity index (χ1n) is 4.04. The summed E-state index contributed by atoms with van der Waals surface area (Å²) in [7, 11) is -1.60. The maximum atomic E-state index is 12.0. The van der Waals surface area contributed by atoms with E-state index in [-0.39, 0.29) is 0 Å². The van der Waals surface area contributed by atoms with Crippen LogP contribution in [0.2, 0.25) is 0 Å². The molecule has 0 saturated heterocycles. The fourth-order valence-corrected chi connectivity index (χ4v) is 0.956. The minimum Gasteiger partial charge on any atom is -0.402 e. The molecule has 2 aliphatic rings. The highest BCUT2D eigenvalue weighted by molar-refractivity contribution is 6.32. The van der Waals surface area contributed by atoms with Gasteiger partial charge in [-0.05, 0) is 6.92 Å². The highest BCUT2D eigenvalue weighted by atomic mass is 19.2. The van der Waals surface area contributed by atoms with E-state index in [1.54, 1.807) is 19.1 Å². The van der Waals surface area contributed by atoms with Crippen LogP contribution in [0.25, 0.3) is 11.1 Å². The zero-order valence-electron chi connectivity index (χ0n) is 7.50. The Balaban J connectivity index is 0.000000149. The summed E-state index contributed by atoms with van der Waals surface area (Å²) in [5.74, 6) is -1.36. The monoisotopic (exact) mass is 202 g/mol. The van der Waals surface area contributed by atoms with Crippen LogP contribution in [0.1, 0.15) is 6.92 Å². The van der Waals surface area contributed by atoms with Gasteiger partial charge in [0.25, 0.3) is 0 Å². The summed E-state index contributed by atoms with van der Waals surface area (Å²) in [6.07, 6.45) is 0. The minimum atomic E-state index is -1.60. The van der Waals surface area contributed by atoms with Crippen LogP contribution in [-0.4, -0.2) is 24.0 Å². The smallest absolute Gasteiger partial charge is 0.402 e. The molecule has 0 fully saturated rings. The van der Waals surface area contributed by atoms with Gasteiger partial charge in [0.05, 0.1) is 0 Å². The molecule has 2 rings (SSSR count). The second-order valence-electron chi connectivity index (χ2n) is 2.57. The van der Waals surface area contributed by atoms with Gasteiger partial charge in [-0.3, -0.25) is 0 Å². The molecule has 0 unspecified atom stereocenters. The van der Waals surface area contributed by atoms with Gasteiger partial charge in [0.2, 0.25) is 0 Å². The van der Waals surface area contributed by atoms with E-state index in [0.717, 1.165) is 0 Å². The van der Waals surface area contributed by atoms with Gasteiger partial charge in [0.1, 0.15) is 0 Å². The number of rotatable bonds is 2. The van der Waals surface area contributed by atoms with Crippen LogP contribution in [0.5, 0.6) is 0 Å². The summed E-state index contributed by atoms with van der Waals surface area (Å²) in [6.45, 7) is 2.01. The maximum absolute atomic E-state index is 12.0. The molecule has 0 bridgehead atoms. The van der Waals surface area contributed by atoms with Crippen LogP contribution in [-0.2, 0) is 4.65 Å². The summed E-state index contributed by atoms with van der Waals surface area (Å²) in [6, 6.07) is 3.13. The van der Waals surface area contributed by atoms with Gasteiger partial charge < -0.3 is 14.7 Å². The molecule has 2 N–H and O–H groups in total. The minimum absolute atomic E-state index is 0.331. The fraction of sp³-hybridized carbons (Fsp3) is 0.250. The van der Waals surface area contributed by atoms with Crippen molar-refractivity contribution in [1.29, 1.82) is 0 Å². The average molecular weight is 202 g/mol. The van der Waals surface area contributed by atoms with Gasteiger partial charge in [-0.25, -0.2) is 8.78 Å². The van der Waals surface area contributed by atoms with Crippen LogP contribution in [0.4, 0.5) is 8.78 Å². The molecule has 14 heavy (non-hydrogen) atoms. The number of halogens is 2. The van der Waals surface area contributed by atoms with Gasteiger partial charge in [-0.15, -0.1) is 0 Å². The topological polar surface area (TPSA) is 49.7 Å². The van der Waals surface area contributed by atoms with Gasteiger partial charge >= 0.3 is 7.32 Å². The number of benzene rings is 1. The van der Waals surface area contributed by atoms with Gasteiger partial charge in [-0.1, -0.05) is 12.1 Å². The lowest BCUT2D eigenvalue weighted by atomic mass is 9.92. The quantitative estimate of drug-likeness (QED) is 0.712. The van der Waals surface area contributed by atoms with E-state index in [9.17, 15) is 8.78 Å². The molecule has 76 valence electrons. The first-order valence-corrected chi connectivity index (χ1v) is 4.04. The lowest BCUT2D eigenvalue weighted by Gasteiger charge is -2.16. The summed E-state index contributed by atoms with van der Waals surface area (Å²) < 4.78 is 28.2. The molecule has 3 nitrogen and oxygen atoms in total. The standard InChI is InChI=1S/C6H2F2.C2H7BO3/c7-5-3-1-2-4(3)6(5)8;1-2-6-3(4)5/h1-2H;4-5H,2H2,1H3. The summed E-state index contributed by atoms with van der Waals surface area (Å²) in [5.41, 5.74) is 0.894. The molecule has 0 aromatic rings. The van der Waals surface area contributed by atoms with Crippen molar-refractivity contribution < 1.29 is 23.5 Å². The molecule has 0 aromatic heterocycles. The number of fused-ring (bicyclic) bond motifs is 1. The molecule has 0 aliphatic heterocycles. The first-order chi connectivity index (χ1) is 6.57. The Kier molecular flexibility index (Phi) is 3.57. The highest BCUT2D eigenvalue weighted by Crippen LogP contribution is 2.38. The van der Waals surface area contributed by atoms with Crippen molar-refractivity contribution in [1.82, 2.24) is 0 Å². The van der Waals surface area contributed by atoms with Crippen molar-refractivity contribution in [2.45, 2.75) is 6.92 Å². The highest BCUT2D eigenvalue weighted by Gasteiger charge is 2.25. The van der Waals surface area contributed by atoms with Crippen molar-refractivity contribution in [2.75, 3.05) is 6.61 Å². The van der Waals surface area contributed by atoms with Crippen molar-refractivity contribution in [3.05, 3.63) is 23.8 Å². The van der Waals surface area contributed by atoms with Gasteiger partial charge in [0.15, 0.2) is 11.6 Å². The Hall–Kier alpha value is -0.975. The van der Waals surface area contributed by atoms with Crippen LogP contribution >= 0.6 is 0 Å². The zero-order valence-corrected chi connectivity index (χ0v) is 7.50. The molecule has 0 aromatic carbocycles. The van der Waals surface area contributed by atoms with Gasteiger partial charge in [-0.2, -0.15) is 0 Å². The Labute approximate surface area is 80.1 Å². The number of hydrogen-bond donors (Lipinski definition) is 2. The summed E-state index contributed by atoms with van der Waals surface area (Å²) >= 11 is 0. The Morgan fingerprint density at radius 2 is 1.64 bits per heavy atom. The molecule has 0 atom stereocenters. The molecule has 0 heterocycles. The Morgan fingerprint density at radius 3 is 1.71 bits per heavy atom. The fourth-order valence-electron chi connectivity index (χ4n) is 0.956. The van der Waals surface area contributed by atoms with Crippen LogP contribution in [0.15, 0.2) is 12.1 Å². The van der Waals surface area contributed by atoms with Crippen molar-refractivity contribution in [3.63, 3.8) is 0 Å². The van der Waals surface area contributed by atoms with E-state index < -0.39 is 19.0 Å². The van der Waals surface area contributed by atoms with Crippen LogP contribution in [0.3, 0.4) is 0 Å². The van der Waals surface area contributed by atoms with E-state index in [0.29, 0.717) is 17.7 Å². The van der Waals surface area contributed by atoms with Crippen molar-refractivity contribution >= 4 is 7.32 Å². The maximum Gasteiger partial charge on any atom is 0.633 e. The second-order valence-corrected chi connectivity index (χ2v) is 2.57. The zero-order chi connectivity index (χ0) is 10.7. The average Bonchev–Trinajstić information content (AvgIpc) is 2.03. The van der Waals surface area contributed by atoms with Gasteiger partial charge in [0, 0.05) is 17.7 Å². The lowest BCUT2D eigenvalue weighted by molar-refractivity contribution is 0.196. The molecule has 2 aliphatic carbocycles. The predicted octanol–water partition coefficient (Wildman–Crippen LogP) is 0.938. The molecule has 0 radical (unpaired) electrons. The molecular formula is C8H9BF2O3. The molecule has 0 saturated carbocycles. The van der Waals surface area contributed by atoms with Crippen molar-refractivity contribution in [3.8, 4) is 11.1 Å². The third kappa shape index (κ3) is 2.09. The number of hydrogen-bond acceptors (Lipinski definition) is 3. The SMILES string of the molecule is CCOB(O)O.Fc1c2ccc-2c1F. The molecular weight excluding hydrogens is 193 g/mol. The molecule has 6 heteroatoms. The Bertz CT molecular complexity index is 304. The Morgan fingerprint density at radius 1 is 1.21 bits per heavy atom. The third-order valence-electron chi connectivity index (χ3n) is 1.69.